The zero-order valence-corrected chi connectivity index (χ0v) is 14.9. The molecule has 3 aromatic rings. The Morgan fingerprint density at radius 2 is 2.08 bits per heavy atom. The Morgan fingerprint density at radius 1 is 1.29 bits per heavy atom. The van der Waals surface area contributed by atoms with E-state index in [1.165, 1.54) is 23.5 Å². The van der Waals surface area contributed by atoms with Crippen LogP contribution in [-0.4, -0.2) is 16.8 Å². The predicted octanol–water partition coefficient (Wildman–Crippen LogP) is 4.18. The maximum atomic E-state index is 12.5. The van der Waals surface area contributed by atoms with E-state index in [-0.39, 0.29) is 16.5 Å². The monoisotopic (exact) mass is 377 g/mol. The van der Waals surface area contributed by atoms with Crippen molar-refractivity contribution in [2.75, 3.05) is 5.32 Å². The van der Waals surface area contributed by atoms with E-state index in [9.17, 15) is 9.59 Å². The molecular formula is C16H12ClN3O2S2. The first-order valence-corrected chi connectivity index (χ1v) is 9.00. The molecule has 0 bridgehead atoms. The molecule has 24 heavy (non-hydrogen) atoms. The number of aryl methyl sites for hydroxylation is 1. The minimum absolute atomic E-state index is 0.195. The number of thiazole rings is 1. The molecule has 122 valence electrons. The minimum atomic E-state index is -0.614. The summed E-state index contributed by atoms with van der Waals surface area (Å²) in [5, 5.41) is 7.72. The fourth-order valence-electron chi connectivity index (χ4n) is 2.10. The van der Waals surface area contributed by atoms with Crippen LogP contribution in [0, 0.1) is 6.92 Å². The van der Waals surface area contributed by atoms with Gasteiger partial charge in [-0.2, -0.15) is 11.3 Å². The topological polar surface area (TPSA) is 85.1 Å². The summed E-state index contributed by atoms with van der Waals surface area (Å²) in [6.07, 6.45) is 0. The molecule has 2 aromatic heterocycles. The van der Waals surface area contributed by atoms with Gasteiger partial charge in [-0.3, -0.25) is 9.59 Å². The summed E-state index contributed by atoms with van der Waals surface area (Å²) in [4.78, 5) is 28.6. The van der Waals surface area contributed by atoms with E-state index in [4.69, 9.17) is 17.3 Å². The van der Waals surface area contributed by atoms with Gasteiger partial charge in [0.15, 0.2) is 0 Å². The Labute approximate surface area is 151 Å². The highest BCUT2D eigenvalue weighted by atomic mass is 35.5. The number of nitrogens with two attached hydrogens (primary N) is 1. The molecule has 0 spiro atoms. The third-order valence-electron chi connectivity index (χ3n) is 3.26. The summed E-state index contributed by atoms with van der Waals surface area (Å²) < 4.78 is 0. The third-order valence-corrected chi connectivity index (χ3v) is 5.46. The molecule has 3 N–H and O–H groups in total. The number of hydrogen-bond acceptors (Lipinski definition) is 5. The summed E-state index contributed by atoms with van der Waals surface area (Å²) in [7, 11) is 0. The Morgan fingerprint density at radius 3 is 2.71 bits per heavy atom. The van der Waals surface area contributed by atoms with Crippen molar-refractivity contribution in [3.8, 4) is 10.6 Å². The molecule has 1 aromatic carbocycles. The van der Waals surface area contributed by atoms with E-state index in [1.54, 1.807) is 24.3 Å². The van der Waals surface area contributed by atoms with Crippen molar-refractivity contribution in [2.24, 2.45) is 5.73 Å². The van der Waals surface area contributed by atoms with Crippen molar-refractivity contribution in [1.29, 1.82) is 0 Å². The van der Waals surface area contributed by atoms with Crippen molar-refractivity contribution in [3.63, 3.8) is 0 Å². The fourth-order valence-corrected chi connectivity index (χ4v) is 4.04. The molecule has 0 radical (unpaired) electrons. The smallest absolute Gasteiger partial charge is 0.267 e. The van der Waals surface area contributed by atoms with E-state index in [0.29, 0.717) is 16.3 Å². The molecule has 0 aliphatic heterocycles. The molecule has 0 saturated carbocycles. The molecule has 5 nitrogen and oxygen atoms in total. The first kappa shape index (κ1) is 16.6. The summed E-state index contributed by atoms with van der Waals surface area (Å²) in [6, 6.07) is 6.53. The largest absolute Gasteiger partial charge is 0.366 e. The maximum absolute atomic E-state index is 12.5. The number of amides is 2. The molecule has 0 atom stereocenters. The zero-order chi connectivity index (χ0) is 17.3. The van der Waals surface area contributed by atoms with Gasteiger partial charge in [0.1, 0.15) is 9.88 Å². The van der Waals surface area contributed by atoms with Crippen LogP contribution < -0.4 is 11.1 Å². The average molecular weight is 378 g/mol. The van der Waals surface area contributed by atoms with Gasteiger partial charge in [-0.1, -0.05) is 11.6 Å². The van der Waals surface area contributed by atoms with Crippen molar-refractivity contribution < 1.29 is 9.59 Å². The van der Waals surface area contributed by atoms with Gasteiger partial charge in [0, 0.05) is 16.6 Å². The van der Waals surface area contributed by atoms with Crippen LogP contribution in [-0.2, 0) is 0 Å². The Balaban J connectivity index is 1.83. The van der Waals surface area contributed by atoms with Gasteiger partial charge in [0.05, 0.1) is 16.3 Å². The van der Waals surface area contributed by atoms with Gasteiger partial charge in [0.2, 0.25) is 5.91 Å². The fraction of sp³-hybridized carbons (Fsp3) is 0.0625. The number of aromatic nitrogens is 1. The highest BCUT2D eigenvalue weighted by molar-refractivity contribution is 7.17. The lowest BCUT2D eigenvalue weighted by molar-refractivity contribution is 0.0998. The summed E-state index contributed by atoms with van der Waals surface area (Å²) in [5.74, 6) is -0.883. The number of benzene rings is 1. The van der Waals surface area contributed by atoms with Crippen LogP contribution in [0.1, 0.15) is 25.7 Å². The molecule has 2 amide bonds. The highest BCUT2D eigenvalue weighted by Crippen LogP contribution is 2.30. The van der Waals surface area contributed by atoms with Crippen LogP contribution in [0.15, 0.2) is 35.0 Å². The van der Waals surface area contributed by atoms with Crippen molar-refractivity contribution in [1.82, 2.24) is 4.98 Å². The Kier molecular flexibility index (Phi) is 4.66. The van der Waals surface area contributed by atoms with E-state index in [1.807, 2.05) is 16.8 Å². The second kappa shape index (κ2) is 6.72. The van der Waals surface area contributed by atoms with Gasteiger partial charge < -0.3 is 11.1 Å². The van der Waals surface area contributed by atoms with Gasteiger partial charge in [-0.25, -0.2) is 4.98 Å². The predicted molar refractivity (Wildman–Crippen MR) is 98.1 cm³/mol. The molecule has 0 unspecified atom stereocenters. The van der Waals surface area contributed by atoms with Crippen molar-refractivity contribution in [3.05, 3.63) is 56.2 Å². The number of anilines is 1. The number of carbonyl (C=O) groups is 2. The highest BCUT2D eigenvalue weighted by Gasteiger charge is 2.17. The van der Waals surface area contributed by atoms with E-state index in [2.05, 4.69) is 10.3 Å². The molecule has 0 aliphatic rings. The molecule has 0 saturated heterocycles. The number of carbonyl (C=O) groups excluding carboxylic acids is 2. The second-order valence-electron chi connectivity index (χ2n) is 4.96. The normalized spacial score (nSPS) is 10.6. The Hall–Kier alpha value is -2.22. The van der Waals surface area contributed by atoms with Gasteiger partial charge in [-0.05, 0) is 36.6 Å². The number of nitrogens with zero attached hydrogens (tertiary/aromatic N) is 1. The Bertz CT molecular complexity index is 920. The number of halogens is 1. The molecular weight excluding hydrogens is 366 g/mol. The first-order valence-electron chi connectivity index (χ1n) is 6.86. The minimum Gasteiger partial charge on any atom is -0.366 e. The van der Waals surface area contributed by atoms with Crippen LogP contribution in [0.5, 0.6) is 0 Å². The summed E-state index contributed by atoms with van der Waals surface area (Å²) >= 11 is 8.91. The van der Waals surface area contributed by atoms with Crippen LogP contribution in [0.2, 0.25) is 5.02 Å². The van der Waals surface area contributed by atoms with Gasteiger partial charge in [-0.15, -0.1) is 11.3 Å². The third kappa shape index (κ3) is 3.33. The molecule has 3 rings (SSSR count). The molecule has 8 heteroatoms. The van der Waals surface area contributed by atoms with Crippen LogP contribution in [0.25, 0.3) is 10.6 Å². The summed E-state index contributed by atoms with van der Waals surface area (Å²) in [6.45, 7) is 1.80. The zero-order valence-electron chi connectivity index (χ0n) is 12.5. The van der Waals surface area contributed by atoms with Crippen molar-refractivity contribution in [2.45, 2.75) is 6.92 Å². The lowest BCUT2D eigenvalue weighted by atomic mass is 10.2. The van der Waals surface area contributed by atoms with Crippen LogP contribution in [0.3, 0.4) is 0 Å². The molecule has 0 aliphatic carbocycles. The molecule has 2 heterocycles. The number of nitrogens with one attached hydrogen (secondary N) is 1. The number of primary amides is 1. The molecule has 0 fully saturated rings. The lowest BCUT2D eigenvalue weighted by Crippen LogP contribution is -2.14. The van der Waals surface area contributed by atoms with E-state index in [0.717, 1.165) is 10.6 Å². The van der Waals surface area contributed by atoms with Gasteiger partial charge >= 0.3 is 0 Å². The second-order valence-corrected chi connectivity index (χ2v) is 7.14. The SMILES string of the molecule is Cc1nc(-c2ccsc2)sc1C(=O)Nc1ccc(C(N)=O)c(Cl)c1. The van der Waals surface area contributed by atoms with E-state index >= 15 is 0 Å². The average Bonchev–Trinajstić information content (AvgIpc) is 3.15. The standard InChI is InChI=1S/C16H12ClN3O2S2/c1-8-13(24-16(19-8)9-4-5-23-7-9)15(22)20-10-2-3-11(14(18)21)12(17)6-10/h2-7H,1H3,(H2,18,21)(H,20,22). The number of thiophene rings is 1. The number of hydrogen-bond donors (Lipinski definition) is 2. The lowest BCUT2D eigenvalue weighted by Gasteiger charge is -2.06. The van der Waals surface area contributed by atoms with Crippen molar-refractivity contribution >= 4 is 51.8 Å². The maximum Gasteiger partial charge on any atom is 0.267 e. The first-order chi connectivity index (χ1) is 11.5. The number of rotatable bonds is 4. The van der Waals surface area contributed by atoms with E-state index < -0.39 is 5.91 Å². The quantitative estimate of drug-likeness (QED) is 0.715. The van der Waals surface area contributed by atoms with Gasteiger partial charge in [0.25, 0.3) is 5.91 Å². The van der Waals surface area contributed by atoms with Crippen LogP contribution >= 0.6 is 34.3 Å². The summed E-state index contributed by atoms with van der Waals surface area (Å²) in [5.41, 5.74) is 7.57. The van der Waals surface area contributed by atoms with Crippen LogP contribution in [0.4, 0.5) is 5.69 Å².